The molecule has 1 fully saturated rings. The van der Waals surface area contributed by atoms with E-state index < -0.39 is 0 Å². The van der Waals surface area contributed by atoms with Gasteiger partial charge in [0.2, 0.25) is 0 Å². The van der Waals surface area contributed by atoms with Gasteiger partial charge in [0.1, 0.15) is 5.82 Å². The van der Waals surface area contributed by atoms with Crippen LogP contribution in [0.4, 0.5) is 4.39 Å². The zero-order chi connectivity index (χ0) is 19.7. The van der Waals surface area contributed by atoms with Gasteiger partial charge in [-0.25, -0.2) is 9.07 Å². The third-order valence-corrected chi connectivity index (χ3v) is 5.65. The van der Waals surface area contributed by atoms with Crippen LogP contribution in [-0.2, 0) is 13.2 Å². The lowest BCUT2D eigenvalue weighted by molar-refractivity contribution is 0.0964. The summed E-state index contributed by atoms with van der Waals surface area (Å²) in [4.78, 5) is 17.1. The van der Waals surface area contributed by atoms with Crippen LogP contribution in [0.2, 0.25) is 5.02 Å². The summed E-state index contributed by atoms with van der Waals surface area (Å²) in [7, 11) is 0. The summed E-state index contributed by atoms with van der Waals surface area (Å²) < 4.78 is 15.6. The number of nitrogens with zero attached hydrogens (tertiary/aromatic N) is 4. The van der Waals surface area contributed by atoms with Crippen LogP contribution in [-0.4, -0.2) is 45.8 Å². The molecular weight excluding hydrogens is 379 g/mol. The van der Waals surface area contributed by atoms with Crippen molar-refractivity contribution in [2.45, 2.75) is 20.1 Å². The first-order chi connectivity index (χ1) is 13.5. The Morgan fingerprint density at radius 2 is 1.68 bits per heavy atom. The minimum absolute atomic E-state index is 0.0678. The second-order valence-electron chi connectivity index (χ2n) is 7.17. The highest BCUT2D eigenvalue weighted by molar-refractivity contribution is 6.31. The van der Waals surface area contributed by atoms with Crippen molar-refractivity contribution in [3.05, 3.63) is 74.9 Å². The average molecular weight is 401 g/mol. The first kappa shape index (κ1) is 19.1. The summed E-state index contributed by atoms with van der Waals surface area (Å²) in [6.45, 7) is 6.01. The molecule has 0 radical (unpaired) electrons. The van der Waals surface area contributed by atoms with E-state index in [1.165, 1.54) is 6.07 Å². The number of halogens is 2. The SMILES string of the molecule is Cc1nn(CN2CCN(Cc3c(F)cccc3Cl)CC2)c(=O)c2ccccc12. The molecule has 1 aliphatic heterocycles. The highest BCUT2D eigenvalue weighted by Crippen LogP contribution is 2.21. The summed E-state index contributed by atoms with van der Waals surface area (Å²) >= 11 is 6.14. The van der Waals surface area contributed by atoms with Crippen molar-refractivity contribution in [1.82, 2.24) is 19.6 Å². The smallest absolute Gasteiger partial charge is 0.275 e. The maximum atomic E-state index is 14.0. The summed E-state index contributed by atoms with van der Waals surface area (Å²) in [5.74, 6) is -0.266. The lowest BCUT2D eigenvalue weighted by atomic mass is 10.1. The van der Waals surface area contributed by atoms with Crippen LogP contribution in [0, 0.1) is 12.7 Å². The van der Waals surface area contributed by atoms with E-state index in [1.54, 1.807) is 16.8 Å². The fourth-order valence-electron chi connectivity index (χ4n) is 3.69. The molecule has 7 heteroatoms. The molecule has 2 heterocycles. The predicted octanol–water partition coefficient (Wildman–Crippen LogP) is 3.27. The summed E-state index contributed by atoms with van der Waals surface area (Å²) in [5.41, 5.74) is 1.32. The Kier molecular flexibility index (Phi) is 5.44. The molecule has 146 valence electrons. The molecule has 1 aliphatic rings. The van der Waals surface area contributed by atoms with Crippen LogP contribution < -0.4 is 5.56 Å². The van der Waals surface area contributed by atoms with Crippen molar-refractivity contribution in [2.24, 2.45) is 0 Å². The second-order valence-corrected chi connectivity index (χ2v) is 7.58. The first-order valence-electron chi connectivity index (χ1n) is 9.37. The molecule has 1 saturated heterocycles. The largest absolute Gasteiger partial charge is 0.296 e. The number of hydrogen-bond donors (Lipinski definition) is 0. The van der Waals surface area contributed by atoms with Crippen molar-refractivity contribution in [2.75, 3.05) is 26.2 Å². The van der Waals surface area contributed by atoms with Crippen LogP contribution >= 0.6 is 11.6 Å². The topological polar surface area (TPSA) is 41.4 Å². The molecule has 0 aliphatic carbocycles. The molecule has 0 spiro atoms. The van der Waals surface area contributed by atoms with E-state index >= 15 is 0 Å². The number of fused-ring (bicyclic) bond motifs is 1. The summed E-state index contributed by atoms with van der Waals surface area (Å²) in [6.07, 6.45) is 0. The second kappa shape index (κ2) is 7.99. The molecule has 0 bridgehead atoms. The van der Waals surface area contributed by atoms with Crippen LogP contribution in [0.1, 0.15) is 11.3 Å². The normalized spacial score (nSPS) is 16.0. The molecule has 0 atom stereocenters. The number of rotatable bonds is 4. The van der Waals surface area contributed by atoms with Gasteiger partial charge >= 0.3 is 0 Å². The Morgan fingerprint density at radius 1 is 1.00 bits per heavy atom. The van der Waals surface area contributed by atoms with Gasteiger partial charge in [-0.15, -0.1) is 0 Å². The predicted molar refractivity (Wildman–Crippen MR) is 109 cm³/mol. The third-order valence-electron chi connectivity index (χ3n) is 5.29. The van der Waals surface area contributed by atoms with Crippen LogP contribution in [0.3, 0.4) is 0 Å². The fourth-order valence-corrected chi connectivity index (χ4v) is 3.91. The van der Waals surface area contributed by atoms with Crippen LogP contribution in [0.5, 0.6) is 0 Å². The summed E-state index contributed by atoms with van der Waals surface area (Å²) in [5, 5.41) is 6.55. The molecule has 4 rings (SSSR count). The van der Waals surface area contributed by atoms with Gasteiger partial charge in [-0.3, -0.25) is 14.6 Å². The van der Waals surface area contributed by atoms with Crippen molar-refractivity contribution < 1.29 is 4.39 Å². The monoisotopic (exact) mass is 400 g/mol. The molecule has 0 saturated carbocycles. The van der Waals surface area contributed by atoms with E-state index in [0.717, 1.165) is 37.3 Å². The van der Waals surface area contributed by atoms with E-state index in [4.69, 9.17) is 11.6 Å². The van der Waals surface area contributed by atoms with E-state index in [2.05, 4.69) is 14.9 Å². The van der Waals surface area contributed by atoms with Gasteiger partial charge < -0.3 is 0 Å². The lowest BCUT2D eigenvalue weighted by Crippen LogP contribution is -2.47. The number of aryl methyl sites for hydroxylation is 1. The highest BCUT2D eigenvalue weighted by atomic mass is 35.5. The molecule has 0 N–H and O–H groups in total. The minimum atomic E-state index is -0.266. The maximum absolute atomic E-state index is 14.0. The molecule has 2 aromatic carbocycles. The highest BCUT2D eigenvalue weighted by Gasteiger charge is 2.20. The van der Waals surface area contributed by atoms with Crippen LogP contribution in [0.15, 0.2) is 47.3 Å². The van der Waals surface area contributed by atoms with Gasteiger partial charge in [-0.1, -0.05) is 35.9 Å². The fraction of sp³-hybridized carbons (Fsp3) is 0.333. The Balaban J connectivity index is 1.43. The van der Waals surface area contributed by atoms with Gasteiger partial charge in [-0.2, -0.15) is 5.10 Å². The maximum Gasteiger partial charge on any atom is 0.275 e. The molecule has 1 aromatic heterocycles. The van der Waals surface area contributed by atoms with E-state index in [1.807, 2.05) is 31.2 Å². The van der Waals surface area contributed by atoms with E-state index in [0.29, 0.717) is 29.2 Å². The number of piperazine rings is 1. The van der Waals surface area contributed by atoms with Crippen LogP contribution in [0.25, 0.3) is 10.8 Å². The quantitative estimate of drug-likeness (QED) is 0.674. The number of aromatic nitrogens is 2. The zero-order valence-corrected chi connectivity index (χ0v) is 16.5. The average Bonchev–Trinajstić information content (AvgIpc) is 2.70. The van der Waals surface area contributed by atoms with Gasteiger partial charge in [0.15, 0.2) is 0 Å². The van der Waals surface area contributed by atoms with Crippen molar-refractivity contribution in [1.29, 1.82) is 0 Å². The van der Waals surface area contributed by atoms with E-state index in [-0.39, 0.29) is 11.4 Å². The molecule has 5 nitrogen and oxygen atoms in total. The lowest BCUT2D eigenvalue weighted by Gasteiger charge is -2.34. The molecule has 28 heavy (non-hydrogen) atoms. The number of hydrogen-bond acceptors (Lipinski definition) is 4. The van der Waals surface area contributed by atoms with Crippen molar-refractivity contribution in [3.63, 3.8) is 0 Å². The van der Waals surface area contributed by atoms with Gasteiger partial charge in [-0.05, 0) is 25.1 Å². The standard InChI is InChI=1S/C21H22ClFN4O/c1-15-16-5-2-3-6-17(16)21(28)27(24-15)14-26-11-9-25(10-12-26)13-18-19(22)7-4-8-20(18)23/h2-8H,9-14H2,1H3. The molecule has 0 unspecified atom stereocenters. The molecule has 0 amide bonds. The third kappa shape index (κ3) is 3.81. The summed E-state index contributed by atoms with van der Waals surface area (Å²) in [6, 6.07) is 12.3. The van der Waals surface area contributed by atoms with Gasteiger partial charge in [0.25, 0.3) is 5.56 Å². The van der Waals surface area contributed by atoms with Gasteiger partial charge in [0.05, 0.1) is 17.7 Å². The zero-order valence-electron chi connectivity index (χ0n) is 15.7. The Bertz CT molecular complexity index is 1040. The van der Waals surface area contributed by atoms with E-state index in [9.17, 15) is 9.18 Å². The first-order valence-corrected chi connectivity index (χ1v) is 9.75. The Hall–Kier alpha value is -2.28. The Morgan fingerprint density at radius 3 is 2.39 bits per heavy atom. The van der Waals surface area contributed by atoms with Crippen molar-refractivity contribution >= 4 is 22.4 Å². The van der Waals surface area contributed by atoms with Crippen molar-refractivity contribution in [3.8, 4) is 0 Å². The molecule has 3 aromatic rings. The van der Waals surface area contributed by atoms with Gasteiger partial charge in [0, 0.05) is 48.7 Å². The molecular formula is C21H22ClFN4O. The number of benzene rings is 2. The Labute approximate surface area is 167 Å². The minimum Gasteiger partial charge on any atom is -0.296 e.